The Labute approximate surface area is 236 Å². The molecule has 1 aromatic heterocycles. The Morgan fingerprint density at radius 1 is 1.10 bits per heavy atom. The molecule has 0 fully saturated rings. The third-order valence-corrected chi connectivity index (χ3v) is 8.78. The van der Waals surface area contributed by atoms with E-state index in [4.69, 9.17) is 4.74 Å². The Hall–Kier alpha value is -2.93. The molecule has 3 N–H and O–H groups in total. The van der Waals surface area contributed by atoms with E-state index in [0.717, 1.165) is 29.3 Å². The third kappa shape index (κ3) is 7.84. The first-order valence-corrected chi connectivity index (χ1v) is 15.1. The number of carbonyl (C=O) groups is 1. The fraction of sp³-hybridized carbons (Fsp3) is 0.393. The Kier molecular flexibility index (Phi) is 8.93. The van der Waals surface area contributed by atoms with Crippen LogP contribution < -0.4 is 20.1 Å². The lowest BCUT2D eigenvalue weighted by atomic mass is 9.98. The SMILES string of the molecule is CC(C)(C)NCc1ccc2c(c1)OCC[C@H]2NC(=O)C[C@@H](NS(=O)(=O)c1cccc(C(F)(F)F)c1)c1cccs1. The summed E-state index contributed by atoms with van der Waals surface area (Å²) in [7, 11) is -4.37. The first-order valence-electron chi connectivity index (χ1n) is 12.7. The second-order valence-electron chi connectivity index (χ2n) is 10.7. The molecule has 0 unspecified atom stereocenters. The zero-order chi connectivity index (χ0) is 29.1. The summed E-state index contributed by atoms with van der Waals surface area (Å²) < 4.78 is 73.9. The van der Waals surface area contributed by atoms with Crippen molar-refractivity contribution in [2.45, 2.75) is 68.9 Å². The predicted molar refractivity (Wildman–Crippen MR) is 147 cm³/mol. The normalized spacial score (nSPS) is 16.6. The molecule has 1 aliphatic rings. The van der Waals surface area contributed by atoms with Crippen molar-refractivity contribution in [3.8, 4) is 5.75 Å². The summed E-state index contributed by atoms with van der Waals surface area (Å²) in [5.41, 5.74) is 0.754. The lowest BCUT2D eigenvalue weighted by Gasteiger charge is -2.28. The Bertz CT molecular complexity index is 1440. The zero-order valence-electron chi connectivity index (χ0n) is 22.3. The minimum absolute atomic E-state index is 0.0466. The summed E-state index contributed by atoms with van der Waals surface area (Å²) in [6.07, 6.45) is -4.39. The molecule has 0 saturated heterocycles. The van der Waals surface area contributed by atoms with Crippen LogP contribution in [0.3, 0.4) is 0 Å². The van der Waals surface area contributed by atoms with Crippen LogP contribution >= 0.6 is 11.3 Å². The molecule has 2 heterocycles. The fourth-order valence-electron chi connectivity index (χ4n) is 4.28. The van der Waals surface area contributed by atoms with Gasteiger partial charge in [-0.15, -0.1) is 11.3 Å². The summed E-state index contributed by atoms with van der Waals surface area (Å²) >= 11 is 1.25. The second-order valence-corrected chi connectivity index (χ2v) is 13.3. The van der Waals surface area contributed by atoms with Gasteiger partial charge in [0.2, 0.25) is 15.9 Å². The van der Waals surface area contributed by atoms with Gasteiger partial charge in [-0.3, -0.25) is 4.79 Å². The van der Waals surface area contributed by atoms with Gasteiger partial charge in [-0.05, 0) is 62.0 Å². The molecule has 0 radical (unpaired) electrons. The molecule has 0 saturated carbocycles. The van der Waals surface area contributed by atoms with E-state index in [1.54, 1.807) is 17.5 Å². The van der Waals surface area contributed by atoms with Crippen LogP contribution in [0.1, 0.15) is 67.3 Å². The molecule has 12 heteroatoms. The van der Waals surface area contributed by atoms with Crippen molar-refractivity contribution in [3.63, 3.8) is 0 Å². The smallest absolute Gasteiger partial charge is 0.416 e. The van der Waals surface area contributed by atoms with E-state index in [1.165, 1.54) is 11.3 Å². The van der Waals surface area contributed by atoms with E-state index in [9.17, 15) is 26.4 Å². The third-order valence-electron chi connectivity index (χ3n) is 6.32. The molecule has 2 aromatic carbocycles. The van der Waals surface area contributed by atoms with Crippen LogP contribution in [0.2, 0.25) is 0 Å². The van der Waals surface area contributed by atoms with Crippen LogP contribution in [0.15, 0.2) is 64.9 Å². The van der Waals surface area contributed by atoms with Crippen LogP contribution in [-0.4, -0.2) is 26.5 Å². The van der Waals surface area contributed by atoms with Crippen LogP contribution in [0.5, 0.6) is 5.75 Å². The topological polar surface area (TPSA) is 96.5 Å². The van der Waals surface area contributed by atoms with Crippen LogP contribution in [0, 0.1) is 0 Å². The van der Waals surface area contributed by atoms with Crippen molar-refractivity contribution < 1.29 is 31.1 Å². The van der Waals surface area contributed by atoms with Gasteiger partial charge >= 0.3 is 6.18 Å². The highest BCUT2D eigenvalue weighted by atomic mass is 32.2. The minimum atomic E-state index is -4.69. The quantitative estimate of drug-likeness (QED) is 0.295. The number of rotatable bonds is 9. The van der Waals surface area contributed by atoms with Gasteiger partial charge in [-0.25, -0.2) is 13.1 Å². The minimum Gasteiger partial charge on any atom is -0.493 e. The van der Waals surface area contributed by atoms with Crippen molar-refractivity contribution in [1.82, 2.24) is 15.4 Å². The maximum Gasteiger partial charge on any atom is 0.416 e. The van der Waals surface area contributed by atoms with Crippen molar-refractivity contribution >= 4 is 27.3 Å². The van der Waals surface area contributed by atoms with Crippen molar-refractivity contribution in [3.05, 3.63) is 81.5 Å². The van der Waals surface area contributed by atoms with Gasteiger partial charge in [-0.2, -0.15) is 13.2 Å². The number of carbonyl (C=O) groups excluding carboxylic acids is 1. The number of nitrogens with one attached hydrogen (secondary N) is 3. The Morgan fingerprint density at radius 2 is 1.88 bits per heavy atom. The summed E-state index contributed by atoms with van der Waals surface area (Å²) in [5.74, 6) is 0.284. The first kappa shape index (κ1) is 30.0. The zero-order valence-corrected chi connectivity index (χ0v) is 24.0. The number of sulfonamides is 1. The molecule has 3 aromatic rings. The van der Waals surface area contributed by atoms with Crippen LogP contribution in [-0.2, 0) is 27.5 Å². The monoisotopic (exact) mass is 595 g/mol. The number of ether oxygens (including phenoxy) is 1. The Morgan fingerprint density at radius 3 is 2.55 bits per heavy atom. The molecule has 4 rings (SSSR count). The van der Waals surface area contributed by atoms with Crippen molar-refractivity contribution in [2.75, 3.05) is 6.61 Å². The van der Waals surface area contributed by atoms with Crippen LogP contribution in [0.4, 0.5) is 13.2 Å². The summed E-state index contributed by atoms with van der Waals surface area (Å²) in [5, 5.41) is 8.15. The Balaban J connectivity index is 1.48. The number of benzene rings is 2. The number of hydrogen-bond donors (Lipinski definition) is 3. The molecule has 0 bridgehead atoms. The van der Waals surface area contributed by atoms with Gasteiger partial charge in [0.25, 0.3) is 0 Å². The lowest BCUT2D eigenvalue weighted by molar-refractivity contribution is -0.137. The number of halogens is 3. The molecule has 40 heavy (non-hydrogen) atoms. The van der Waals surface area contributed by atoms with Gasteiger partial charge in [0.05, 0.1) is 29.1 Å². The highest BCUT2D eigenvalue weighted by Gasteiger charge is 2.33. The highest BCUT2D eigenvalue weighted by Crippen LogP contribution is 2.34. The number of fused-ring (bicyclic) bond motifs is 1. The maximum atomic E-state index is 13.2. The first-order chi connectivity index (χ1) is 18.7. The second kappa shape index (κ2) is 11.9. The van der Waals surface area contributed by atoms with E-state index >= 15 is 0 Å². The van der Waals surface area contributed by atoms with Gasteiger partial charge in [0.1, 0.15) is 5.75 Å². The number of alkyl halides is 3. The van der Waals surface area contributed by atoms with Gasteiger partial charge in [-0.1, -0.05) is 24.3 Å². The van der Waals surface area contributed by atoms with Crippen molar-refractivity contribution in [1.29, 1.82) is 0 Å². The van der Waals surface area contributed by atoms with E-state index in [0.29, 0.717) is 36.3 Å². The number of hydrogen-bond acceptors (Lipinski definition) is 6. The van der Waals surface area contributed by atoms with Gasteiger partial charge in [0, 0.05) is 35.4 Å². The van der Waals surface area contributed by atoms with Gasteiger partial charge < -0.3 is 15.4 Å². The molecular formula is C28H32F3N3O4S2. The van der Waals surface area contributed by atoms with Crippen molar-refractivity contribution in [2.24, 2.45) is 0 Å². The fourth-order valence-corrected chi connectivity index (χ4v) is 6.40. The molecule has 216 valence electrons. The summed E-state index contributed by atoms with van der Waals surface area (Å²) in [4.78, 5) is 13.2. The van der Waals surface area contributed by atoms with Gasteiger partial charge in [0.15, 0.2) is 0 Å². The average Bonchev–Trinajstić information content (AvgIpc) is 3.41. The largest absolute Gasteiger partial charge is 0.493 e. The molecule has 1 aliphatic heterocycles. The van der Waals surface area contributed by atoms with Crippen LogP contribution in [0.25, 0.3) is 0 Å². The highest BCUT2D eigenvalue weighted by molar-refractivity contribution is 7.89. The van der Waals surface area contributed by atoms with E-state index < -0.39 is 38.6 Å². The molecule has 7 nitrogen and oxygen atoms in total. The average molecular weight is 596 g/mol. The molecule has 0 aliphatic carbocycles. The molecule has 0 spiro atoms. The number of amides is 1. The van der Waals surface area contributed by atoms with E-state index in [-0.39, 0.29) is 18.0 Å². The summed E-state index contributed by atoms with van der Waals surface area (Å²) in [6.45, 7) is 7.31. The maximum absolute atomic E-state index is 13.2. The standard InChI is InChI=1S/C28H32F3N3O4S2/c1-27(2,3)32-17-18-9-10-21-22(11-12-38-24(21)14-18)33-26(35)16-23(25-8-5-13-39-25)34-40(36,37)20-7-4-6-19(15-20)28(29,30)31/h4-10,13-15,22-23,32,34H,11-12,16-17H2,1-3H3,(H,33,35)/t22-,23-/m1/s1. The molecule has 2 atom stereocenters. The lowest BCUT2D eigenvalue weighted by Crippen LogP contribution is -2.36. The number of thiophene rings is 1. The predicted octanol–water partition coefficient (Wildman–Crippen LogP) is 5.70. The van der Waals surface area contributed by atoms with E-state index in [2.05, 4.69) is 36.1 Å². The van der Waals surface area contributed by atoms with E-state index in [1.807, 2.05) is 18.2 Å². The molecular weight excluding hydrogens is 563 g/mol. The summed E-state index contributed by atoms with van der Waals surface area (Å²) in [6, 6.07) is 11.5. The molecule has 1 amide bonds.